The summed E-state index contributed by atoms with van der Waals surface area (Å²) in [5, 5.41) is 14.0. The van der Waals surface area contributed by atoms with Gasteiger partial charge in [0, 0.05) is 62.2 Å². The van der Waals surface area contributed by atoms with Gasteiger partial charge in [-0.3, -0.25) is 9.59 Å². The molecule has 46 heavy (non-hydrogen) atoms. The Bertz CT molecular complexity index is 1580. The third-order valence-corrected chi connectivity index (χ3v) is 10.6. The van der Waals surface area contributed by atoms with Crippen LogP contribution in [0.4, 0.5) is 4.79 Å². The number of H-pyrrole nitrogens is 1. The average Bonchev–Trinajstić information content (AvgIpc) is 3.63. The number of amides is 3. The molecule has 4 atom stereocenters. The minimum Gasteiger partial charge on any atom is -0.445 e. The number of ether oxygens (including phenoxy) is 1. The monoisotopic (exact) mass is 627 g/mol. The van der Waals surface area contributed by atoms with Gasteiger partial charge < -0.3 is 34.7 Å². The Balaban J connectivity index is 1.21. The van der Waals surface area contributed by atoms with E-state index in [4.69, 9.17) is 4.74 Å². The lowest BCUT2D eigenvalue weighted by atomic mass is 9.73. The van der Waals surface area contributed by atoms with Gasteiger partial charge in [-0.15, -0.1) is 0 Å². The molecule has 3 amide bonds. The molecular formula is C35H46BN5O5. The second-order valence-corrected chi connectivity index (χ2v) is 13.7. The van der Waals surface area contributed by atoms with Crippen molar-refractivity contribution in [1.29, 1.82) is 0 Å². The van der Waals surface area contributed by atoms with Crippen molar-refractivity contribution in [3.05, 3.63) is 71.4 Å². The Labute approximate surface area is 271 Å². The van der Waals surface area contributed by atoms with E-state index in [0.29, 0.717) is 26.1 Å². The second kappa shape index (κ2) is 13.1. The summed E-state index contributed by atoms with van der Waals surface area (Å²) in [5.41, 5.74) is 4.10. The number of para-hydroxylation sites is 1. The number of aromatic nitrogens is 1. The fourth-order valence-corrected chi connectivity index (χ4v) is 8.02. The predicted molar refractivity (Wildman–Crippen MR) is 179 cm³/mol. The molecule has 2 saturated heterocycles. The topological polar surface area (TPSA) is 118 Å². The van der Waals surface area contributed by atoms with Gasteiger partial charge in [-0.1, -0.05) is 49.4 Å². The van der Waals surface area contributed by atoms with Crippen LogP contribution >= 0.6 is 0 Å². The van der Waals surface area contributed by atoms with Gasteiger partial charge in [0.05, 0.1) is 5.92 Å². The number of nitrogens with zero attached hydrogens (tertiary/aromatic N) is 3. The van der Waals surface area contributed by atoms with Crippen LogP contribution in [0.5, 0.6) is 0 Å². The molecule has 2 fully saturated rings. The first-order valence-corrected chi connectivity index (χ1v) is 16.6. The fraction of sp³-hybridized carbons (Fsp3) is 0.514. The molecule has 1 aromatic heterocycles. The zero-order chi connectivity index (χ0) is 32.6. The highest BCUT2D eigenvalue weighted by molar-refractivity contribution is 6.45. The van der Waals surface area contributed by atoms with Gasteiger partial charge in [-0.2, -0.15) is 0 Å². The molecule has 6 rings (SSSR count). The minimum absolute atomic E-state index is 0.118. The average molecular weight is 628 g/mol. The summed E-state index contributed by atoms with van der Waals surface area (Å²) in [6.45, 7) is 5.97. The minimum atomic E-state index is -0.837. The Morgan fingerprint density at radius 2 is 1.80 bits per heavy atom. The standard InChI is InChI=1S/C35H46BN5O5/c1-23(28-21-37-30-14-8-6-12-26(28)30)31(38-34(44)46-24-10-9-17-41(22-24)36(2)45)33(43)40-18-15-35(16-19-40)20-27(32(42)39(3)4)25-11-5-7-13-29(25)35/h5-8,11-14,21,23-24,27,31,37,45H,9-10,15-20,22H2,1-4H3,(H,38,44)/t23-,24?,27-,31?/m1/s1. The van der Waals surface area contributed by atoms with Crippen LogP contribution in [-0.4, -0.2) is 102 Å². The molecule has 11 heteroatoms. The Kier molecular flexibility index (Phi) is 9.16. The van der Waals surface area contributed by atoms with Crippen molar-refractivity contribution in [2.45, 2.75) is 75.2 Å². The summed E-state index contributed by atoms with van der Waals surface area (Å²) in [5.74, 6) is -0.524. The lowest BCUT2D eigenvalue weighted by Gasteiger charge is -2.42. The van der Waals surface area contributed by atoms with E-state index in [2.05, 4.69) is 22.4 Å². The van der Waals surface area contributed by atoms with Crippen LogP contribution in [0.15, 0.2) is 54.7 Å². The summed E-state index contributed by atoms with van der Waals surface area (Å²) in [6.07, 6.45) is 4.72. The van der Waals surface area contributed by atoms with E-state index >= 15 is 0 Å². The lowest BCUT2D eigenvalue weighted by molar-refractivity contribution is -0.136. The predicted octanol–water partition coefficient (Wildman–Crippen LogP) is 4.08. The number of alkyl carbamates (subject to hydrolysis) is 1. The molecule has 10 nitrogen and oxygen atoms in total. The van der Waals surface area contributed by atoms with Crippen LogP contribution in [0, 0.1) is 0 Å². The molecule has 2 unspecified atom stereocenters. The number of fused-ring (bicyclic) bond motifs is 3. The number of hydrogen-bond acceptors (Lipinski definition) is 6. The number of rotatable bonds is 7. The first-order chi connectivity index (χ1) is 22.1. The van der Waals surface area contributed by atoms with Gasteiger partial charge in [0.25, 0.3) is 0 Å². The first-order valence-electron chi connectivity index (χ1n) is 16.6. The van der Waals surface area contributed by atoms with E-state index in [1.807, 2.05) is 73.3 Å². The zero-order valence-electron chi connectivity index (χ0n) is 27.4. The number of likely N-dealkylation sites (tertiary alicyclic amines) is 1. The molecule has 244 valence electrons. The highest BCUT2D eigenvalue weighted by atomic mass is 16.6. The van der Waals surface area contributed by atoms with E-state index in [0.717, 1.165) is 54.3 Å². The van der Waals surface area contributed by atoms with Crippen molar-refractivity contribution in [1.82, 2.24) is 24.9 Å². The Morgan fingerprint density at radius 1 is 1.09 bits per heavy atom. The maximum Gasteiger partial charge on any atom is 0.408 e. The smallest absolute Gasteiger partial charge is 0.408 e. The van der Waals surface area contributed by atoms with E-state index < -0.39 is 19.2 Å². The number of benzene rings is 2. The molecule has 2 aliphatic heterocycles. The van der Waals surface area contributed by atoms with Crippen molar-refractivity contribution in [2.24, 2.45) is 0 Å². The lowest BCUT2D eigenvalue weighted by Crippen LogP contribution is -2.55. The summed E-state index contributed by atoms with van der Waals surface area (Å²) < 4.78 is 5.85. The van der Waals surface area contributed by atoms with Crippen LogP contribution in [0.2, 0.25) is 6.82 Å². The van der Waals surface area contributed by atoms with Crippen molar-refractivity contribution in [2.75, 3.05) is 40.3 Å². The molecule has 3 heterocycles. The van der Waals surface area contributed by atoms with Crippen LogP contribution in [0.3, 0.4) is 0 Å². The van der Waals surface area contributed by atoms with E-state index in [1.54, 1.807) is 11.7 Å². The molecule has 0 bridgehead atoms. The van der Waals surface area contributed by atoms with Crippen molar-refractivity contribution in [3.63, 3.8) is 0 Å². The Morgan fingerprint density at radius 3 is 2.54 bits per heavy atom. The molecule has 3 aliphatic rings. The first kappa shape index (κ1) is 32.1. The molecule has 3 N–H and O–H groups in total. The molecule has 1 aliphatic carbocycles. The van der Waals surface area contributed by atoms with Gasteiger partial charge in [-0.05, 0) is 68.2 Å². The molecule has 1 spiro atoms. The number of nitrogens with one attached hydrogen (secondary N) is 2. The highest BCUT2D eigenvalue weighted by Crippen LogP contribution is 2.52. The molecular weight excluding hydrogens is 581 g/mol. The highest BCUT2D eigenvalue weighted by Gasteiger charge is 2.49. The SMILES string of the molecule is CB(O)N1CCCC(OC(=O)NC(C(=O)N2CCC3(CC2)C[C@@H](C(=O)N(C)C)c2ccccc23)[C@H](C)c2c[nH]c3ccccc23)C1. The number of piperidine rings is 2. The second-order valence-electron chi connectivity index (χ2n) is 13.7. The van der Waals surface area contributed by atoms with Crippen LogP contribution in [0.1, 0.15) is 67.6 Å². The van der Waals surface area contributed by atoms with Gasteiger partial charge in [0.1, 0.15) is 12.1 Å². The maximum atomic E-state index is 14.4. The summed E-state index contributed by atoms with van der Waals surface area (Å²) in [4.78, 5) is 49.7. The quantitative estimate of drug-likeness (QED) is 0.340. The third kappa shape index (κ3) is 6.14. The number of hydrogen-bond donors (Lipinski definition) is 3. The molecule has 3 aromatic rings. The molecule has 0 radical (unpaired) electrons. The van der Waals surface area contributed by atoms with Crippen molar-refractivity contribution in [3.8, 4) is 0 Å². The third-order valence-electron chi connectivity index (χ3n) is 10.6. The summed E-state index contributed by atoms with van der Waals surface area (Å²) in [6, 6.07) is 15.4. The van der Waals surface area contributed by atoms with Crippen molar-refractivity contribution >= 4 is 35.9 Å². The van der Waals surface area contributed by atoms with Gasteiger partial charge in [0.2, 0.25) is 11.8 Å². The van der Waals surface area contributed by atoms with E-state index in [1.165, 1.54) is 5.56 Å². The van der Waals surface area contributed by atoms with Crippen LogP contribution in [-0.2, 0) is 19.7 Å². The van der Waals surface area contributed by atoms with Gasteiger partial charge >= 0.3 is 13.1 Å². The number of aromatic amines is 1. The van der Waals surface area contributed by atoms with Gasteiger partial charge in [-0.25, -0.2) is 4.79 Å². The van der Waals surface area contributed by atoms with Crippen LogP contribution in [0.25, 0.3) is 10.9 Å². The largest absolute Gasteiger partial charge is 0.445 e. The number of likely N-dealkylation sites (N-methyl/N-ethyl adjacent to an activating group) is 1. The van der Waals surface area contributed by atoms with E-state index in [-0.39, 0.29) is 35.2 Å². The summed E-state index contributed by atoms with van der Waals surface area (Å²) in [7, 11) is 3.00. The normalized spacial score (nSPS) is 22.2. The molecule has 0 saturated carbocycles. The van der Waals surface area contributed by atoms with E-state index in [9.17, 15) is 19.4 Å². The summed E-state index contributed by atoms with van der Waals surface area (Å²) >= 11 is 0. The fourth-order valence-electron chi connectivity index (χ4n) is 8.02. The number of carbonyl (C=O) groups is 3. The van der Waals surface area contributed by atoms with Crippen molar-refractivity contribution < 1.29 is 24.1 Å². The molecule has 2 aromatic carbocycles. The van der Waals surface area contributed by atoms with Gasteiger partial charge in [0.15, 0.2) is 0 Å². The maximum absolute atomic E-state index is 14.4. The zero-order valence-corrected chi connectivity index (χ0v) is 27.4. The Hall–Kier alpha value is -3.83. The van der Waals surface area contributed by atoms with Crippen LogP contribution < -0.4 is 5.32 Å². The number of carbonyl (C=O) groups excluding carboxylic acids is 3.